The summed E-state index contributed by atoms with van der Waals surface area (Å²) in [6, 6.07) is 3.49. The Morgan fingerprint density at radius 1 is 1.53 bits per heavy atom. The molecule has 0 spiro atoms. The lowest BCUT2D eigenvalue weighted by Gasteiger charge is -1.98. The molecule has 1 heterocycles. The highest BCUT2D eigenvalue weighted by atomic mass is 16.3. The number of aryl methyl sites for hydroxylation is 1. The van der Waals surface area contributed by atoms with Crippen LogP contribution in [0.15, 0.2) is 28.7 Å². The van der Waals surface area contributed by atoms with Crippen LogP contribution < -0.4 is 11.1 Å². The standard InChI is InChI=1S/C11H16N2O2/c1-2-9-5-6-10(15-9)11(14)13-8-4-3-7-12/h3-6H,2,7-8,12H2,1H3,(H,13,14)/b4-3+. The summed E-state index contributed by atoms with van der Waals surface area (Å²) in [4.78, 5) is 11.5. The highest BCUT2D eigenvalue weighted by Gasteiger charge is 2.08. The molecule has 0 radical (unpaired) electrons. The highest BCUT2D eigenvalue weighted by Crippen LogP contribution is 2.07. The minimum atomic E-state index is -0.198. The third-order valence-corrected chi connectivity index (χ3v) is 1.92. The molecule has 0 saturated carbocycles. The first-order valence-corrected chi connectivity index (χ1v) is 5.00. The molecule has 1 aromatic heterocycles. The Morgan fingerprint density at radius 2 is 2.33 bits per heavy atom. The average Bonchev–Trinajstić information content (AvgIpc) is 2.72. The monoisotopic (exact) mass is 208 g/mol. The second-order valence-electron chi connectivity index (χ2n) is 3.04. The Labute approximate surface area is 89.1 Å². The number of carbonyl (C=O) groups excluding carboxylic acids is 1. The van der Waals surface area contributed by atoms with Crippen molar-refractivity contribution in [3.8, 4) is 0 Å². The second-order valence-corrected chi connectivity index (χ2v) is 3.04. The third kappa shape index (κ3) is 3.59. The van der Waals surface area contributed by atoms with E-state index in [9.17, 15) is 4.79 Å². The molecule has 0 aromatic carbocycles. The van der Waals surface area contributed by atoms with E-state index in [0.29, 0.717) is 18.8 Å². The summed E-state index contributed by atoms with van der Waals surface area (Å²) in [7, 11) is 0. The number of nitrogens with two attached hydrogens (primary N) is 1. The molecular formula is C11H16N2O2. The Hall–Kier alpha value is -1.55. The molecule has 82 valence electrons. The number of amides is 1. The van der Waals surface area contributed by atoms with Crippen LogP contribution in [0.3, 0.4) is 0 Å². The summed E-state index contributed by atoms with van der Waals surface area (Å²) >= 11 is 0. The van der Waals surface area contributed by atoms with Crippen LogP contribution in [0.25, 0.3) is 0 Å². The molecule has 15 heavy (non-hydrogen) atoms. The van der Waals surface area contributed by atoms with E-state index >= 15 is 0 Å². The second kappa shape index (κ2) is 6.03. The largest absolute Gasteiger partial charge is 0.456 e. The van der Waals surface area contributed by atoms with Crippen molar-refractivity contribution in [2.24, 2.45) is 5.73 Å². The summed E-state index contributed by atoms with van der Waals surface area (Å²) in [6.07, 6.45) is 4.39. The predicted octanol–water partition coefficient (Wildman–Crippen LogP) is 1.09. The molecule has 0 aliphatic heterocycles. The lowest BCUT2D eigenvalue weighted by Crippen LogP contribution is -2.22. The fraction of sp³-hybridized carbons (Fsp3) is 0.364. The van der Waals surface area contributed by atoms with Gasteiger partial charge in [0, 0.05) is 19.5 Å². The zero-order valence-corrected chi connectivity index (χ0v) is 8.82. The zero-order chi connectivity index (χ0) is 11.1. The molecule has 1 aromatic rings. The number of rotatable bonds is 5. The molecule has 0 bridgehead atoms. The molecule has 3 N–H and O–H groups in total. The zero-order valence-electron chi connectivity index (χ0n) is 8.82. The maximum atomic E-state index is 11.5. The van der Waals surface area contributed by atoms with Gasteiger partial charge in [-0.05, 0) is 12.1 Å². The van der Waals surface area contributed by atoms with Crippen molar-refractivity contribution < 1.29 is 9.21 Å². The van der Waals surface area contributed by atoms with Crippen molar-refractivity contribution in [3.05, 3.63) is 35.8 Å². The number of carbonyl (C=O) groups is 1. The fourth-order valence-electron chi connectivity index (χ4n) is 1.11. The molecule has 0 unspecified atom stereocenters. The molecule has 0 saturated heterocycles. The minimum Gasteiger partial charge on any atom is -0.456 e. The lowest BCUT2D eigenvalue weighted by molar-refractivity contribution is 0.0928. The van der Waals surface area contributed by atoms with Crippen LogP contribution in [0.5, 0.6) is 0 Å². The van der Waals surface area contributed by atoms with E-state index in [2.05, 4.69) is 5.32 Å². The number of nitrogens with one attached hydrogen (secondary N) is 1. The molecule has 1 amide bonds. The number of furan rings is 1. The van der Waals surface area contributed by atoms with Gasteiger partial charge in [0.25, 0.3) is 5.91 Å². The molecule has 4 heteroatoms. The van der Waals surface area contributed by atoms with Crippen LogP contribution in [0.2, 0.25) is 0 Å². The fourth-order valence-corrected chi connectivity index (χ4v) is 1.11. The van der Waals surface area contributed by atoms with Crippen molar-refractivity contribution in [2.75, 3.05) is 13.1 Å². The van der Waals surface area contributed by atoms with E-state index in [1.807, 2.05) is 19.1 Å². The topological polar surface area (TPSA) is 68.3 Å². The Bertz CT molecular complexity index is 342. The number of hydrogen-bond donors (Lipinski definition) is 2. The normalized spacial score (nSPS) is 10.8. The van der Waals surface area contributed by atoms with Gasteiger partial charge in [0.2, 0.25) is 0 Å². The highest BCUT2D eigenvalue weighted by molar-refractivity contribution is 5.91. The van der Waals surface area contributed by atoms with Gasteiger partial charge in [-0.3, -0.25) is 4.79 Å². The first-order valence-electron chi connectivity index (χ1n) is 5.00. The summed E-state index contributed by atoms with van der Waals surface area (Å²) in [5.74, 6) is 0.974. The van der Waals surface area contributed by atoms with Gasteiger partial charge in [-0.2, -0.15) is 0 Å². The van der Waals surface area contributed by atoms with Gasteiger partial charge >= 0.3 is 0 Å². The van der Waals surface area contributed by atoms with Crippen LogP contribution in [0, 0.1) is 0 Å². The third-order valence-electron chi connectivity index (χ3n) is 1.92. The molecule has 0 fully saturated rings. The van der Waals surface area contributed by atoms with Gasteiger partial charge in [-0.15, -0.1) is 0 Å². The molecule has 4 nitrogen and oxygen atoms in total. The maximum Gasteiger partial charge on any atom is 0.287 e. The smallest absolute Gasteiger partial charge is 0.287 e. The van der Waals surface area contributed by atoms with Gasteiger partial charge in [-0.25, -0.2) is 0 Å². The molecule has 0 aliphatic carbocycles. The van der Waals surface area contributed by atoms with Crippen molar-refractivity contribution in [1.82, 2.24) is 5.32 Å². The van der Waals surface area contributed by atoms with E-state index in [0.717, 1.165) is 12.2 Å². The van der Waals surface area contributed by atoms with E-state index in [-0.39, 0.29) is 5.91 Å². The maximum absolute atomic E-state index is 11.5. The number of hydrogen-bond acceptors (Lipinski definition) is 3. The van der Waals surface area contributed by atoms with Crippen molar-refractivity contribution in [3.63, 3.8) is 0 Å². The summed E-state index contributed by atoms with van der Waals surface area (Å²) in [5.41, 5.74) is 5.26. The van der Waals surface area contributed by atoms with Crippen LogP contribution in [-0.2, 0) is 6.42 Å². The van der Waals surface area contributed by atoms with Gasteiger partial charge < -0.3 is 15.5 Å². The molecule has 0 atom stereocenters. The lowest BCUT2D eigenvalue weighted by atomic mass is 10.3. The summed E-state index contributed by atoms with van der Waals surface area (Å²) in [6.45, 7) is 2.93. The van der Waals surface area contributed by atoms with Crippen LogP contribution in [-0.4, -0.2) is 19.0 Å². The summed E-state index contributed by atoms with van der Waals surface area (Å²) in [5, 5.41) is 2.70. The van der Waals surface area contributed by atoms with E-state index in [1.165, 1.54) is 0 Å². The Balaban J connectivity index is 2.43. The van der Waals surface area contributed by atoms with Gasteiger partial charge in [0.05, 0.1) is 0 Å². The first-order chi connectivity index (χ1) is 7.27. The van der Waals surface area contributed by atoms with E-state index in [4.69, 9.17) is 10.2 Å². The van der Waals surface area contributed by atoms with Gasteiger partial charge in [-0.1, -0.05) is 19.1 Å². The van der Waals surface area contributed by atoms with Gasteiger partial charge in [0.15, 0.2) is 5.76 Å². The van der Waals surface area contributed by atoms with Crippen LogP contribution >= 0.6 is 0 Å². The van der Waals surface area contributed by atoms with E-state index in [1.54, 1.807) is 12.1 Å². The predicted molar refractivity (Wildman–Crippen MR) is 58.6 cm³/mol. The quantitative estimate of drug-likeness (QED) is 0.712. The molecular weight excluding hydrogens is 192 g/mol. The van der Waals surface area contributed by atoms with Crippen LogP contribution in [0.4, 0.5) is 0 Å². The van der Waals surface area contributed by atoms with E-state index < -0.39 is 0 Å². The first kappa shape index (κ1) is 11.5. The van der Waals surface area contributed by atoms with Crippen molar-refractivity contribution in [2.45, 2.75) is 13.3 Å². The van der Waals surface area contributed by atoms with Crippen molar-refractivity contribution in [1.29, 1.82) is 0 Å². The minimum absolute atomic E-state index is 0.198. The Morgan fingerprint density at radius 3 is 2.93 bits per heavy atom. The molecule has 1 rings (SSSR count). The van der Waals surface area contributed by atoms with Crippen molar-refractivity contribution >= 4 is 5.91 Å². The van der Waals surface area contributed by atoms with Gasteiger partial charge in [0.1, 0.15) is 5.76 Å². The SMILES string of the molecule is CCc1ccc(C(=O)NC/C=C/CN)o1. The average molecular weight is 208 g/mol. The summed E-state index contributed by atoms with van der Waals surface area (Å²) < 4.78 is 5.29. The van der Waals surface area contributed by atoms with Crippen LogP contribution in [0.1, 0.15) is 23.2 Å². The molecule has 0 aliphatic rings. The Kier molecular flexibility index (Phi) is 4.63.